The van der Waals surface area contributed by atoms with Crippen LogP contribution in [-0.4, -0.2) is 36.1 Å². The number of rotatable bonds is 3. The number of halogens is 1. The molecule has 0 unspecified atom stereocenters. The smallest absolute Gasteiger partial charge is 0.186 e. The van der Waals surface area contributed by atoms with Gasteiger partial charge in [-0.2, -0.15) is 5.26 Å². The summed E-state index contributed by atoms with van der Waals surface area (Å²) >= 11 is 7.44. The zero-order valence-corrected chi connectivity index (χ0v) is 16.2. The Morgan fingerprint density at radius 2 is 1.62 bits per heavy atom. The van der Waals surface area contributed by atoms with Gasteiger partial charge in [0.2, 0.25) is 0 Å². The summed E-state index contributed by atoms with van der Waals surface area (Å²) in [6.07, 6.45) is 8.36. The number of nitriles is 1. The molecular weight excluding hydrogens is 366 g/mol. The highest BCUT2D eigenvalue weighted by Gasteiger charge is 2.30. The average Bonchev–Trinajstić information content (AvgIpc) is 3.18. The standard InChI is InChI=1S/C19H22ClN5S/c20-16-1-2-18(22-12-16)24-7-3-14(4-8-24)15-5-9-25(10-6-15)19-23-13-17(11-21)26-19/h1-2,12-15H,3-10H2. The fourth-order valence-electron chi connectivity index (χ4n) is 4.18. The average molecular weight is 388 g/mol. The summed E-state index contributed by atoms with van der Waals surface area (Å²) in [5.74, 6) is 2.66. The molecule has 136 valence electrons. The van der Waals surface area contributed by atoms with E-state index in [2.05, 4.69) is 25.8 Å². The second-order valence-electron chi connectivity index (χ2n) is 7.10. The minimum Gasteiger partial charge on any atom is -0.357 e. The third-order valence-electron chi connectivity index (χ3n) is 5.66. The van der Waals surface area contributed by atoms with E-state index in [1.165, 1.54) is 37.0 Å². The van der Waals surface area contributed by atoms with Crippen molar-refractivity contribution in [1.29, 1.82) is 5.26 Å². The SMILES string of the molecule is N#Cc1cnc(N2CCC(C3CCN(c4ccc(Cl)cn4)CC3)CC2)s1. The molecule has 2 saturated heterocycles. The van der Waals surface area contributed by atoms with Gasteiger partial charge >= 0.3 is 0 Å². The Kier molecular flexibility index (Phi) is 5.28. The highest BCUT2D eigenvalue weighted by atomic mass is 35.5. The Morgan fingerprint density at radius 1 is 0.962 bits per heavy atom. The number of anilines is 2. The maximum atomic E-state index is 8.97. The molecule has 0 amide bonds. The van der Waals surface area contributed by atoms with E-state index in [-0.39, 0.29) is 0 Å². The molecule has 0 N–H and O–H groups in total. The first kappa shape index (κ1) is 17.6. The van der Waals surface area contributed by atoms with Crippen LogP contribution in [0.15, 0.2) is 24.5 Å². The zero-order chi connectivity index (χ0) is 17.9. The Bertz CT molecular complexity index is 768. The molecule has 2 aliphatic rings. The summed E-state index contributed by atoms with van der Waals surface area (Å²) in [6, 6.07) is 6.12. The van der Waals surface area contributed by atoms with Gasteiger partial charge in [-0.15, -0.1) is 0 Å². The molecule has 2 aromatic heterocycles. The summed E-state index contributed by atoms with van der Waals surface area (Å²) < 4.78 is 0. The Balaban J connectivity index is 1.28. The van der Waals surface area contributed by atoms with Crippen molar-refractivity contribution in [3.05, 3.63) is 34.4 Å². The number of nitrogens with zero attached hydrogens (tertiary/aromatic N) is 5. The highest BCUT2D eigenvalue weighted by molar-refractivity contribution is 7.16. The zero-order valence-electron chi connectivity index (χ0n) is 14.6. The third kappa shape index (κ3) is 3.79. The highest BCUT2D eigenvalue weighted by Crippen LogP contribution is 2.35. The normalized spacial score (nSPS) is 19.5. The number of piperidine rings is 2. The van der Waals surface area contributed by atoms with Crippen LogP contribution in [0.3, 0.4) is 0 Å². The lowest BCUT2D eigenvalue weighted by Gasteiger charge is -2.40. The molecule has 0 atom stereocenters. The van der Waals surface area contributed by atoms with Gasteiger partial charge in [0.25, 0.3) is 0 Å². The first-order valence-electron chi connectivity index (χ1n) is 9.20. The van der Waals surface area contributed by atoms with Gasteiger partial charge in [0.05, 0.1) is 11.2 Å². The van der Waals surface area contributed by atoms with Gasteiger partial charge in [-0.1, -0.05) is 22.9 Å². The monoisotopic (exact) mass is 387 g/mol. The van der Waals surface area contributed by atoms with Crippen LogP contribution in [0.4, 0.5) is 10.9 Å². The van der Waals surface area contributed by atoms with Gasteiger partial charge < -0.3 is 9.80 Å². The number of aromatic nitrogens is 2. The molecule has 7 heteroatoms. The van der Waals surface area contributed by atoms with Gasteiger partial charge in [-0.25, -0.2) is 9.97 Å². The molecule has 0 aliphatic carbocycles. The van der Waals surface area contributed by atoms with E-state index in [1.54, 1.807) is 12.4 Å². The quantitative estimate of drug-likeness (QED) is 0.790. The first-order chi connectivity index (χ1) is 12.7. The van der Waals surface area contributed by atoms with E-state index in [4.69, 9.17) is 16.9 Å². The van der Waals surface area contributed by atoms with Crippen LogP contribution < -0.4 is 9.80 Å². The molecule has 26 heavy (non-hydrogen) atoms. The maximum Gasteiger partial charge on any atom is 0.186 e. The third-order valence-corrected chi connectivity index (χ3v) is 6.84. The van der Waals surface area contributed by atoms with Crippen molar-refractivity contribution in [2.24, 2.45) is 11.8 Å². The lowest BCUT2D eigenvalue weighted by Crippen LogP contribution is -2.41. The second-order valence-corrected chi connectivity index (χ2v) is 8.55. The van der Waals surface area contributed by atoms with E-state index >= 15 is 0 Å². The van der Waals surface area contributed by atoms with Crippen LogP contribution in [-0.2, 0) is 0 Å². The molecule has 4 heterocycles. The van der Waals surface area contributed by atoms with E-state index in [9.17, 15) is 0 Å². The van der Waals surface area contributed by atoms with Crippen LogP contribution in [0.5, 0.6) is 0 Å². The summed E-state index contributed by atoms with van der Waals surface area (Å²) in [6.45, 7) is 4.28. The number of hydrogen-bond donors (Lipinski definition) is 0. The van der Waals surface area contributed by atoms with Crippen molar-refractivity contribution in [1.82, 2.24) is 9.97 Å². The maximum absolute atomic E-state index is 8.97. The fraction of sp³-hybridized carbons (Fsp3) is 0.526. The molecule has 2 fully saturated rings. The van der Waals surface area contributed by atoms with Gasteiger partial charge in [0.1, 0.15) is 16.8 Å². The van der Waals surface area contributed by atoms with Gasteiger partial charge in [0.15, 0.2) is 5.13 Å². The molecule has 0 radical (unpaired) electrons. The minimum atomic E-state index is 0.692. The summed E-state index contributed by atoms with van der Waals surface area (Å²) in [7, 11) is 0. The molecule has 4 rings (SSSR count). The fourth-order valence-corrected chi connectivity index (χ4v) is 5.06. The first-order valence-corrected chi connectivity index (χ1v) is 10.4. The van der Waals surface area contributed by atoms with E-state index in [0.29, 0.717) is 9.90 Å². The van der Waals surface area contributed by atoms with Crippen molar-refractivity contribution in [2.45, 2.75) is 25.7 Å². The van der Waals surface area contributed by atoms with Crippen LogP contribution in [0.1, 0.15) is 30.6 Å². The number of pyridine rings is 1. The van der Waals surface area contributed by atoms with Gasteiger partial charge in [0, 0.05) is 32.4 Å². The Labute approximate surface area is 163 Å². The van der Waals surface area contributed by atoms with Gasteiger partial charge in [-0.05, 0) is 49.7 Å². The largest absolute Gasteiger partial charge is 0.357 e. The van der Waals surface area contributed by atoms with Crippen molar-refractivity contribution in [3.8, 4) is 6.07 Å². The Morgan fingerprint density at radius 3 is 2.15 bits per heavy atom. The van der Waals surface area contributed by atoms with E-state index < -0.39 is 0 Å². The number of thiazole rings is 1. The van der Waals surface area contributed by atoms with Crippen LogP contribution in [0, 0.1) is 23.2 Å². The van der Waals surface area contributed by atoms with Crippen LogP contribution >= 0.6 is 22.9 Å². The number of hydrogen-bond acceptors (Lipinski definition) is 6. The molecule has 0 spiro atoms. The summed E-state index contributed by atoms with van der Waals surface area (Å²) in [4.78, 5) is 14.3. The van der Waals surface area contributed by atoms with Crippen molar-refractivity contribution >= 4 is 33.9 Å². The topological polar surface area (TPSA) is 56.1 Å². The predicted octanol–water partition coefficient (Wildman–Crippen LogP) is 4.20. The molecule has 0 saturated carbocycles. The molecule has 0 aromatic carbocycles. The summed E-state index contributed by atoms with van der Waals surface area (Å²) in [5.41, 5.74) is 0. The molecule has 2 aliphatic heterocycles. The minimum absolute atomic E-state index is 0.692. The van der Waals surface area contributed by atoms with Crippen molar-refractivity contribution < 1.29 is 0 Å². The molecule has 5 nitrogen and oxygen atoms in total. The predicted molar refractivity (Wildman–Crippen MR) is 106 cm³/mol. The van der Waals surface area contributed by atoms with E-state index in [0.717, 1.165) is 49.0 Å². The van der Waals surface area contributed by atoms with Crippen LogP contribution in [0.25, 0.3) is 0 Å². The second kappa shape index (κ2) is 7.81. The molecule has 0 bridgehead atoms. The lowest BCUT2D eigenvalue weighted by molar-refractivity contribution is 0.233. The van der Waals surface area contributed by atoms with Gasteiger partial charge in [-0.3, -0.25) is 0 Å². The van der Waals surface area contributed by atoms with Crippen molar-refractivity contribution in [3.63, 3.8) is 0 Å². The van der Waals surface area contributed by atoms with Crippen LogP contribution in [0.2, 0.25) is 5.02 Å². The van der Waals surface area contributed by atoms with E-state index in [1.807, 2.05) is 12.1 Å². The Hall–Kier alpha value is -1.84. The lowest BCUT2D eigenvalue weighted by atomic mass is 9.79. The molecular formula is C19H22ClN5S. The summed E-state index contributed by atoms with van der Waals surface area (Å²) in [5, 5.41) is 10.7. The van der Waals surface area contributed by atoms with Crippen molar-refractivity contribution in [2.75, 3.05) is 36.0 Å². The molecule has 2 aromatic rings.